The molecule has 12 rings (SSSR count). The Morgan fingerprint density at radius 3 is 1.39 bits per heavy atom. The van der Waals surface area contributed by atoms with Gasteiger partial charge in [0.15, 0.2) is 0 Å². The first-order valence-corrected chi connectivity index (χ1v) is 31.2. The lowest BCUT2D eigenvalue weighted by atomic mass is 10.0. The number of benzene rings is 3. The van der Waals surface area contributed by atoms with Crippen LogP contribution in [0.5, 0.6) is 0 Å². The van der Waals surface area contributed by atoms with Crippen LogP contribution >= 0.6 is 0 Å². The molecule has 0 bridgehead atoms. The molecule has 17 heteroatoms. The van der Waals surface area contributed by atoms with Gasteiger partial charge in [0, 0.05) is 79.4 Å². The van der Waals surface area contributed by atoms with Crippen LogP contribution in [0.3, 0.4) is 0 Å². The van der Waals surface area contributed by atoms with Crippen LogP contribution in [0.4, 0.5) is 9.59 Å². The fourth-order valence-electron chi connectivity index (χ4n) is 12.9. The van der Waals surface area contributed by atoms with E-state index in [0.29, 0.717) is 42.3 Å². The van der Waals surface area contributed by atoms with Crippen molar-refractivity contribution in [2.24, 2.45) is 16.2 Å². The summed E-state index contributed by atoms with van der Waals surface area (Å²) in [4.78, 5) is 78.2. The van der Waals surface area contributed by atoms with Crippen LogP contribution in [-0.2, 0) is 28.7 Å². The number of rotatable bonds is 20. The van der Waals surface area contributed by atoms with Crippen molar-refractivity contribution >= 4 is 36.4 Å². The maximum Gasteiger partial charge on any atom is 0.410 e. The molecule has 3 aromatic carbocycles. The van der Waals surface area contributed by atoms with Gasteiger partial charge in [-0.05, 0) is 180 Å². The van der Waals surface area contributed by atoms with Gasteiger partial charge in [0.1, 0.15) is 35.6 Å². The van der Waals surface area contributed by atoms with Crippen LogP contribution in [-0.4, -0.2) is 171 Å². The molecule has 3 heterocycles. The van der Waals surface area contributed by atoms with E-state index in [1.54, 1.807) is 4.90 Å². The van der Waals surface area contributed by atoms with Crippen molar-refractivity contribution in [3.05, 3.63) is 108 Å². The number of carbonyl (C=O) groups excluding carboxylic acids is 3. The van der Waals surface area contributed by atoms with Crippen molar-refractivity contribution in [1.29, 1.82) is 0 Å². The second-order valence-corrected chi connectivity index (χ2v) is 28.0. The monoisotopic (exact) mass is 1160 g/mol. The first-order valence-electron chi connectivity index (χ1n) is 31.2. The van der Waals surface area contributed by atoms with Gasteiger partial charge in [-0.1, -0.05) is 91.0 Å². The minimum atomic E-state index is -0.723. The molecule has 2 amide bonds. The average Bonchev–Trinajstić information content (AvgIpc) is 4.34. The summed E-state index contributed by atoms with van der Waals surface area (Å²) in [6.07, 6.45) is 15.2. The summed E-state index contributed by atoms with van der Waals surface area (Å²) in [5, 5.41) is 33.8. The van der Waals surface area contributed by atoms with Gasteiger partial charge in [-0.3, -0.25) is 24.2 Å². The van der Waals surface area contributed by atoms with E-state index < -0.39 is 29.1 Å². The predicted molar refractivity (Wildman–Crippen MR) is 321 cm³/mol. The standard InChI is InChI=1S/C24H34N2O4.C19H26N2O2.C19H25NO3.C5H9NO2/c1-23(2,3)30-22(29)26(20-14-18(20)17-8-5-4-6-9-17)16-24(11-12-24)15-25-13-7-10-19(25)21(27)28;22-18(23)17-7-4-10-21(17)13-19(8-9-19)12-20-16-11-15(16)14-5-2-1-3-6-14;1-18(2,3)23-17(22)20(12-19(13-21)9-10-19)16-11-15(16)14-7-5-4-6-8-14;7-5(8)4-2-1-3-6-4/h4-6,8-9,18-20H,7,10-16H2,1-3H3,(H,27,28);1-3,5-6,15-17,20H,4,7-13H2,(H,22,23);4-8,13,15-16H,9-12H2,1-3H3;4,6H,1-3H2,(H,7,8)/t18-,19-,20+;15-,16+,17-;15-,16+;4-/m0000/s1. The fourth-order valence-corrected chi connectivity index (χ4v) is 12.9. The third-order valence-electron chi connectivity index (χ3n) is 18.6. The summed E-state index contributed by atoms with van der Waals surface area (Å²) in [7, 11) is 0. The van der Waals surface area contributed by atoms with Gasteiger partial charge in [-0.15, -0.1) is 0 Å². The van der Waals surface area contributed by atoms with E-state index in [9.17, 15) is 39.0 Å². The van der Waals surface area contributed by atoms with E-state index in [4.69, 9.17) is 14.6 Å². The first-order chi connectivity index (χ1) is 40.0. The molecule has 0 spiro atoms. The van der Waals surface area contributed by atoms with Crippen LogP contribution in [0.15, 0.2) is 91.0 Å². The van der Waals surface area contributed by atoms with E-state index >= 15 is 0 Å². The minimum absolute atomic E-state index is 0.00122. The van der Waals surface area contributed by atoms with Gasteiger partial charge in [0.05, 0.1) is 0 Å². The largest absolute Gasteiger partial charge is 0.480 e. The lowest BCUT2D eigenvalue weighted by molar-refractivity contribution is -0.143. The summed E-state index contributed by atoms with van der Waals surface area (Å²) in [5.41, 5.74) is 2.91. The number of hydrogen-bond donors (Lipinski definition) is 5. The van der Waals surface area contributed by atoms with Crippen molar-refractivity contribution in [2.45, 2.75) is 203 Å². The predicted octanol–water partition coefficient (Wildman–Crippen LogP) is 10.2. The summed E-state index contributed by atoms with van der Waals surface area (Å²) in [5.74, 6) is -0.705. The zero-order valence-electron chi connectivity index (χ0n) is 50.6. The Morgan fingerprint density at radius 2 is 1.02 bits per heavy atom. The summed E-state index contributed by atoms with van der Waals surface area (Å²) in [6, 6.07) is 31.4. The summed E-state index contributed by atoms with van der Waals surface area (Å²) < 4.78 is 11.3. The Kier molecular flexibility index (Phi) is 19.7. The highest BCUT2D eigenvalue weighted by molar-refractivity contribution is 5.75. The molecular weight excluding hydrogens is 1060 g/mol. The normalized spacial score (nSPS) is 28.0. The lowest BCUT2D eigenvalue weighted by Crippen LogP contribution is -2.46. The number of nitrogens with zero attached hydrogens (tertiary/aromatic N) is 4. The number of aldehydes is 1. The zero-order chi connectivity index (χ0) is 60.0. The molecular formula is C67H94N6O11. The molecule has 6 saturated carbocycles. The second-order valence-electron chi connectivity index (χ2n) is 28.0. The molecule has 17 nitrogen and oxygen atoms in total. The molecule has 3 aromatic rings. The molecule has 0 aromatic heterocycles. The number of likely N-dealkylation sites (tertiary alicyclic amines) is 2. The van der Waals surface area contributed by atoms with E-state index in [1.165, 1.54) is 36.0 Å². The third-order valence-corrected chi connectivity index (χ3v) is 18.6. The zero-order valence-corrected chi connectivity index (χ0v) is 50.6. The number of ether oxygens (including phenoxy) is 2. The topological polar surface area (TPSA) is 219 Å². The van der Waals surface area contributed by atoms with E-state index in [-0.39, 0.29) is 53.2 Å². The highest BCUT2D eigenvalue weighted by Crippen LogP contribution is 2.53. The van der Waals surface area contributed by atoms with Gasteiger partial charge < -0.3 is 50.0 Å². The van der Waals surface area contributed by atoms with Crippen LogP contribution in [0, 0.1) is 16.2 Å². The maximum atomic E-state index is 13.1. The van der Waals surface area contributed by atoms with Gasteiger partial charge in [-0.25, -0.2) is 9.59 Å². The molecule has 458 valence electrons. The van der Waals surface area contributed by atoms with Crippen molar-refractivity contribution < 1.29 is 53.6 Å². The number of carbonyl (C=O) groups is 6. The van der Waals surface area contributed by atoms with Crippen molar-refractivity contribution in [3.8, 4) is 0 Å². The second kappa shape index (κ2) is 26.4. The Morgan fingerprint density at radius 1 is 0.583 bits per heavy atom. The smallest absolute Gasteiger partial charge is 0.410 e. The summed E-state index contributed by atoms with van der Waals surface area (Å²) in [6.45, 7) is 17.9. The molecule has 3 saturated heterocycles. The van der Waals surface area contributed by atoms with Crippen molar-refractivity contribution in [3.63, 3.8) is 0 Å². The number of amides is 2. The molecule has 3 aliphatic heterocycles. The number of nitrogens with one attached hydrogen (secondary N) is 2. The maximum absolute atomic E-state index is 13.1. The molecule has 9 atom stereocenters. The number of aliphatic carboxylic acids is 3. The highest BCUT2D eigenvalue weighted by atomic mass is 16.6. The molecule has 9 fully saturated rings. The molecule has 9 aliphatic rings. The quantitative estimate of drug-likeness (QED) is 0.0665. The SMILES string of the molecule is CC(C)(C)OC(=O)N(CC1(C=O)CC1)[C@@H]1C[C@H]1c1ccccc1.CC(C)(C)OC(=O)N(CC1(CN2CCC[C@H]2C(=O)O)CC1)[C@@H]1C[C@H]1c1ccccc1.O=C(O)[C@@H]1CCCN1.O=C(O)[C@@H]1CCCN1CC1(CN[C@@H]2C[C@H]2c2ccccc2)CC1. The number of carboxylic acids is 3. The van der Waals surface area contributed by atoms with Gasteiger partial charge in [0.25, 0.3) is 0 Å². The van der Waals surface area contributed by atoms with Crippen LogP contribution in [0.1, 0.15) is 172 Å². The Bertz CT molecular complexity index is 2720. The fraction of sp³-hybridized carbons (Fsp3) is 0.642. The highest BCUT2D eigenvalue weighted by Gasteiger charge is 2.55. The Labute approximate surface area is 497 Å². The van der Waals surface area contributed by atoms with Crippen LogP contribution in [0.2, 0.25) is 0 Å². The molecule has 84 heavy (non-hydrogen) atoms. The van der Waals surface area contributed by atoms with Gasteiger partial charge in [-0.2, -0.15) is 0 Å². The summed E-state index contributed by atoms with van der Waals surface area (Å²) >= 11 is 0. The van der Waals surface area contributed by atoms with E-state index in [2.05, 4.69) is 75.0 Å². The lowest BCUT2D eigenvalue weighted by Gasteiger charge is -2.33. The van der Waals surface area contributed by atoms with Crippen LogP contribution < -0.4 is 10.6 Å². The third kappa shape index (κ3) is 17.4. The Hall–Kier alpha value is -5.88. The van der Waals surface area contributed by atoms with Crippen molar-refractivity contribution in [1.82, 2.24) is 30.2 Å². The first kappa shape index (κ1) is 62.6. The van der Waals surface area contributed by atoms with E-state index in [0.717, 1.165) is 123 Å². The number of hydrogen-bond acceptors (Lipinski definition) is 12. The minimum Gasteiger partial charge on any atom is -0.480 e. The molecule has 6 aliphatic carbocycles. The van der Waals surface area contributed by atoms with Crippen molar-refractivity contribution in [2.75, 3.05) is 52.4 Å². The average molecular weight is 1160 g/mol. The molecule has 5 N–H and O–H groups in total. The Balaban J connectivity index is 0.000000143. The van der Waals surface area contributed by atoms with Gasteiger partial charge in [0.2, 0.25) is 0 Å². The number of carboxylic acid groups (broad SMARTS) is 3. The molecule has 0 unspecified atom stereocenters. The van der Waals surface area contributed by atoms with E-state index in [1.807, 2.05) is 82.8 Å². The van der Waals surface area contributed by atoms with Crippen LogP contribution in [0.25, 0.3) is 0 Å². The van der Waals surface area contributed by atoms with Gasteiger partial charge >= 0.3 is 30.1 Å². The molecule has 0 radical (unpaired) electrons.